The van der Waals surface area contributed by atoms with Crippen LogP contribution in [-0.2, 0) is 21.7 Å². The molecular formula is C12H13NO6. The van der Waals surface area contributed by atoms with Crippen molar-refractivity contribution in [2.45, 2.75) is 31.7 Å². The number of carbonyl (C=O) groups is 1. The zero-order valence-electron chi connectivity index (χ0n) is 10.2. The lowest BCUT2D eigenvalue weighted by Crippen LogP contribution is -2.41. The van der Waals surface area contributed by atoms with E-state index in [0.29, 0.717) is 12.0 Å². The van der Waals surface area contributed by atoms with E-state index in [1.54, 1.807) is 6.92 Å². The Hall–Kier alpha value is -1.99. The van der Waals surface area contributed by atoms with Crippen molar-refractivity contribution in [2.24, 2.45) is 0 Å². The van der Waals surface area contributed by atoms with Gasteiger partial charge in [-0.05, 0) is 18.9 Å². The molecule has 102 valence electrons. The van der Waals surface area contributed by atoms with E-state index in [1.807, 2.05) is 0 Å². The average Bonchev–Trinajstić information content (AvgIpc) is 2.26. The van der Waals surface area contributed by atoms with Gasteiger partial charge >= 0.3 is 5.97 Å². The quantitative estimate of drug-likeness (QED) is 0.628. The summed E-state index contributed by atoms with van der Waals surface area (Å²) in [6, 6.07) is 4.03. The maximum atomic E-state index is 10.8. The number of rotatable bonds is 3. The molecule has 1 unspecified atom stereocenters. The van der Waals surface area contributed by atoms with Crippen LogP contribution in [0.4, 0.5) is 5.69 Å². The standard InChI is InChI=1S/C12H13NO6/c1-7-4-8-2-3-9(13(17)18)5-10(8)12(16,19-7)6-11(14)15/h2-3,5,7,16H,4,6H2,1H3,(H,14,15)/t7-,12?/m1/s1. The fraction of sp³-hybridized carbons (Fsp3) is 0.417. The number of carboxylic acid groups (broad SMARTS) is 1. The van der Waals surface area contributed by atoms with Crippen LogP contribution in [0.2, 0.25) is 0 Å². The largest absolute Gasteiger partial charge is 0.481 e. The topological polar surface area (TPSA) is 110 Å². The molecular weight excluding hydrogens is 254 g/mol. The Kier molecular flexibility index (Phi) is 3.25. The summed E-state index contributed by atoms with van der Waals surface area (Å²) in [6.45, 7) is 1.71. The molecule has 0 radical (unpaired) electrons. The molecule has 1 aliphatic rings. The molecule has 0 saturated carbocycles. The van der Waals surface area contributed by atoms with E-state index in [9.17, 15) is 20.0 Å². The highest BCUT2D eigenvalue weighted by atomic mass is 16.6. The molecule has 0 aliphatic carbocycles. The molecule has 7 nitrogen and oxygen atoms in total. The number of nitrogens with zero attached hydrogens (tertiary/aromatic N) is 1. The smallest absolute Gasteiger partial charge is 0.309 e. The zero-order valence-corrected chi connectivity index (χ0v) is 10.2. The van der Waals surface area contributed by atoms with Crippen molar-refractivity contribution in [3.05, 3.63) is 39.4 Å². The predicted molar refractivity (Wildman–Crippen MR) is 63.5 cm³/mol. The van der Waals surface area contributed by atoms with Crippen molar-refractivity contribution in [3.8, 4) is 0 Å². The number of aliphatic hydroxyl groups is 1. The van der Waals surface area contributed by atoms with Crippen LogP contribution in [0.25, 0.3) is 0 Å². The Labute approximate surface area is 108 Å². The van der Waals surface area contributed by atoms with Gasteiger partial charge in [0.05, 0.1) is 11.0 Å². The summed E-state index contributed by atoms with van der Waals surface area (Å²) in [4.78, 5) is 21.0. The fourth-order valence-corrected chi connectivity index (χ4v) is 2.31. The van der Waals surface area contributed by atoms with Crippen molar-refractivity contribution in [1.29, 1.82) is 0 Å². The van der Waals surface area contributed by atoms with E-state index in [1.165, 1.54) is 18.2 Å². The first kappa shape index (κ1) is 13.4. The van der Waals surface area contributed by atoms with Gasteiger partial charge in [-0.2, -0.15) is 0 Å². The van der Waals surface area contributed by atoms with Crippen molar-refractivity contribution < 1.29 is 24.7 Å². The van der Waals surface area contributed by atoms with Crippen LogP contribution in [0.3, 0.4) is 0 Å². The maximum Gasteiger partial charge on any atom is 0.309 e. The minimum atomic E-state index is -2.02. The van der Waals surface area contributed by atoms with Gasteiger partial charge in [-0.1, -0.05) is 6.07 Å². The first-order valence-electron chi connectivity index (χ1n) is 5.71. The summed E-state index contributed by atoms with van der Waals surface area (Å²) in [6.07, 6.45) is -0.556. The summed E-state index contributed by atoms with van der Waals surface area (Å²) in [5.41, 5.74) is 0.607. The average molecular weight is 267 g/mol. The van der Waals surface area contributed by atoms with E-state index in [0.717, 1.165) is 0 Å². The summed E-state index contributed by atoms with van der Waals surface area (Å²) in [5.74, 6) is -3.26. The summed E-state index contributed by atoms with van der Waals surface area (Å²) in [5, 5.41) is 29.9. The van der Waals surface area contributed by atoms with Crippen LogP contribution in [-0.4, -0.2) is 27.2 Å². The normalized spacial score (nSPS) is 25.7. The van der Waals surface area contributed by atoms with Crippen molar-refractivity contribution >= 4 is 11.7 Å². The molecule has 0 fully saturated rings. The Bertz CT molecular complexity index is 543. The van der Waals surface area contributed by atoms with Crippen LogP contribution >= 0.6 is 0 Å². The first-order valence-corrected chi connectivity index (χ1v) is 5.71. The molecule has 0 amide bonds. The number of non-ortho nitro benzene ring substituents is 1. The number of hydrogen-bond acceptors (Lipinski definition) is 5. The van der Waals surface area contributed by atoms with Crippen molar-refractivity contribution in [2.75, 3.05) is 0 Å². The van der Waals surface area contributed by atoms with Crippen LogP contribution in [0.5, 0.6) is 0 Å². The molecule has 1 aromatic rings. The molecule has 0 aromatic heterocycles. The van der Waals surface area contributed by atoms with Crippen LogP contribution < -0.4 is 0 Å². The third kappa shape index (κ3) is 2.56. The molecule has 1 heterocycles. The highest BCUT2D eigenvalue weighted by molar-refractivity contribution is 5.68. The summed E-state index contributed by atoms with van der Waals surface area (Å²) >= 11 is 0. The third-order valence-electron chi connectivity index (χ3n) is 3.02. The van der Waals surface area contributed by atoms with Crippen molar-refractivity contribution in [3.63, 3.8) is 0 Å². The summed E-state index contributed by atoms with van der Waals surface area (Å²) < 4.78 is 5.30. The molecule has 1 aliphatic heterocycles. The van der Waals surface area contributed by atoms with E-state index >= 15 is 0 Å². The van der Waals surface area contributed by atoms with Crippen LogP contribution in [0.15, 0.2) is 18.2 Å². The highest BCUT2D eigenvalue weighted by Crippen LogP contribution is 2.38. The number of nitro benzene ring substituents is 1. The Morgan fingerprint density at radius 3 is 2.89 bits per heavy atom. The molecule has 2 N–H and O–H groups in total. The molecule has 19 heavy (non-hydrogen) atoms. The maximum absolute atomic E-state index is 10.8. The van der Waals surface area contributed by atoms with E-state index < -0.39 is 23.1 Å². The lowest BCUT2D eigenvalue weighted by molar-refractivity contribution is -0.385. The van der Waals surface area contributed by atoms with Gasteiger partial charge in [0.15, 0.2) is 0 Å². The van der Waals surface area contributed by atoms with E-state index in [4.69, 9.17) is 9.84 Å². The van der Waals surface area contributed by atoms with Crippen LogP contribution in [0.1, 0.15) is 24.5 Å². The second-order valence-corrected chi connectivity index (χ2v) is 4.59. The lowest BCUT2D eigenvalue weighted by Gasteiger charge is -2.36. The van der Waals surface area contributed by atoms with Gasteiger partial charge in [0.2, 0.25) is 5.79 Å². The van der Waals surface area contributed by atoms with Gasteiger partial charge in [-0.15, -0.1) is 0 Å². The number of benzene rings is 1. The zero-order chi connectivity index (χ0) is 14.2. The van der Waals surface area contributed by atoms with Gasteiger partial charge in [-0.25, -0.2) is 0 Å². The van der Waals surface area contributed by atoms with Crippen LogP contribution in [0, 0.1) is 10.1 Å². The fourth-order valence-electron chi connectivity index (χ4n) is 2.31. The Balaban J connectivity index is 2.52. The minimum Gasteiger partial charge on any atom is -0.481 e. The lowest BCUT2D eigenvalue weighted by atomic mass is 9.90. The first-order chi connectivity index (χ1) is 8.82. The number of fused-ring (bicyclic) bond motifs is 1. The number of aliphatic carboxylic acids is 1. The van der Waals surface area contributed by atoms with Crippen molar-refractivity contribution in [1.82, 2.24) is 0 Å². The molecule has 2 rings (SSSR count). The number of carboxylic acids is 1. The molecule has 0 saturated heterocycles. The highest BCUT2D eigenvalue weighted by Gasteiger charge is 2.41. The van der Waals surface area contributed by atoms with Gasteiger partial charge in [-0.3, -0.25) is 14.9 Å². The predicted octanol–water partition coefficient (Wildman–Crippen LogP) is 1.18. The van der Waals surface area contributed by atoms with Gasteiger partial charge in [0.25, 0.3) is 5.69 Å². The Morgan fingerprint density at radius 1 is 1.63 bits per heavy atom. The monoisotopic (exact) mass is 267 g/mol. The number of hydrogen-bond donors (Lipinski definition) is 2. The SMILES string of the molecule is C[C@@H]1Cc2ccc([N+](=O)[O-])cc2C(O)(CC(=O)O)O1. The Morgan fingerprint density at radius 2 is 2.32 bits per heavy atom. The second kappa shape index (κ2) is 4.60. The summed E-state index contributed by atoms with van der Waals surface area (Å²) in [7, 11) is 0. The van der Waals surface area contributed by atoms with Gasteiger partial charge < -0.3 is 14.9 Å². The molecule has 7 heteroatoms. The second-order valence-electron chi connectivity index (χ2n) is 4.59. The van der Waals surface area contributed by atoms with Gasteiger partial charge in [0.1, 0.15) is 6.42 Å². The molecule has 0 spiro atoms. The van der Waals surface area contributed by atoms with E-state index in [2.05, 4.69) is 0 Å². The minimum absolute atomic E-state index is 0.155. The van der Waals surface area contributed by atoms with Gasteiger partial charge in [0, 0.05) is 17.7 Å². The number of nitro groups is 1. The van der Waals surface area contributed by atoms with E-state index in [-0.39, 0.29) is 17.4 Å². The molecule has 1 aromatic carbocycles. The molecule has 0 bridgehead atoms. The molecule has 2 atom stereocenters. The third-order valence-corrected chi connectivity index (χ3v) is 3.02. The number of ether oxygens (including phenoxy) is 1.